The van der Waals surface area contributed by atoms with E-state index in [9.17, 15) is 19.7 Å². The molecule has 1 amide bonds. The quantitative estimate of drug-likeness (QED) is 0.455. The Morgan fingerprint density at radius 2 is 1.91 bits per heavy atom. The van der Waals surface area contributed by atoms with Crippen molar-refractivity contribution in [2.75, 3.05) is 19.8 Å². The molecule has 0 radical (unpaired) electrons. The zero-order valence-corrected chi connectivity index (χ0v) is 11.5. The van der Waals surface area contributed by atoms with E-state index in [1.165, 1.54) is 6.07 Å². The number of carboxylic acids is 1. The number of nitrogens with one attached hydrogen (secondary N) is 1. The average molecular weight is 310 g/mol. The normalized spacial score (nSPS) is 12.5. The first-order valence-corrected chi connectivity index (χ1v) is 6.57. The van der Waals surface area contributed by atoms with Gasteiger partial charge in [0.25, 0.3) is 11.6 Å². The maximum Gasteiger partial charge on any atom is 0.303 e. The van der Waals surface area contributed by atoms with Gasteiger partial charge >= 0.3 is 5.97 Å². The molecule has 1 aliphatic rings. The molecule has 0 fully saturated rings. The van der Waals surface area contributed by atoms with Crippen LogP contribution in [0.2, 0.25) is 0 Å². The third kappa shape index (κ3) is 3.62. The number of fused-ring (bicyclic) bond motifs is 1. The van der Waals surface area contributed by atoms with Crippen molar-refractivity contribution in [1.29, 1.82) is 0 Å². The summed E-state index contributed by atoms with van der Waals surface area (Å²) in [5.41, 5.74) is -0.537. The van der Waals surface area contributed by atoms with E-state index in [2.05, 4.69) is 5.32 Å². The van der Waals surface area contributed by atoms with Gasteiger partial charge in [-0.25, -0.2) is 0 Å². The zero-order valence-electron chi connectivity index (χ0n) is 11.5. The van der Waals surface area contributed by atoms with Crippen molar-refractivity contribution in [1.82, 2.24) is 5.32 Å². The molecular formula is C13H14N2O7. The van der Waals surface area contributed by atoms with Gasteiger partial charge in [0.1, 0.15) is 18.8 Å². The summed E-state index contributed by atoms with van der Waals surface area (Å²) < 4.78 is 10.5. The van der Waals surface area contributed by atoms with Crippen molar-refractivity contribution in [3.8, 4) is 11.5 Å². The molecule has 1 aliphatic heterocycles. The lowest BCUT2D eigenvalue weighted by Crippen LogP contribution is -2.26. The minimum absolute atomic E-state index is 0.0937. The molecule has 1 aromatic rings. The van der Waals surface area contributed by atoms with Crippen LogP contribution in [0.1, 0.15) is 23.2 Å². The molecule has 2 N–H and O–H groups in total. The van der Waals surface area contributed by atoms with Gasteiger partial charge in [0.05, 0.1) is 11.0 Å². The van der Waals surface area contributed by atoms with E-state index in [-0.39, 0.29) is 48.7 Å². The minimum atomic E-state index is -0.973. The monoisotopic (exact) mass is 310 g/mol. The second kappa shape index (κ2) is 6.74. The van der Waals surface area contributed by atoms with Crippen LogP contribution in [0.4, 0.5) is 5.69 Å². The predicted octanol–water partition coefficient (Wildman–Crippen LogP) is 0.961. The Hall–Kier alpha value is -2.84. The van der Waals surface area contributed by atoms with Crippen LogP contribution in [0.15, 0.2) is 12.1 Å². The first kappa shape index (κ1) is 15.5. The van der Waals surface area contributed by atoms with Crippen molar-refractivity contribution >= 4 is 17.6 Å². The molecule has 2 rings (SSSR count). The summed E-state index contributed by atoms with van der Waals surface area (Å²) in [4.78, 5) is 32.8. The number of hydrogen-bond acceptors (Lipinski definition) is 6. The first-order valence-electron chi connectivity index (χ1n) is 6.57. The Balaban J connectivity index is 2.15. The molecule has 1 aromatic carbocycles. The second-order valence-corrected chi connectivity index (χ2v) is 4.52. The minimum Gasteiger partial charge on any atom is -0.486 e. The number of aliphatic carboxylic acids is 1. The SMILES string of the molecule is O=C(O)CCCNC(=O)c1cc2c(cc1[N+](=O)[O-])OCCO2. The third-order valence-electron chi connectivity index (χ3n) is 2.95. The van der Waals surface area contributed by atoms with Gasteiger partial charge in [-0.05, 0) is 6.42 Å². The van der Waals surface area contributed by atoms with E-state index in [1.807, 2.05) is 0 Å². The lowest BCUT2D eigenvalue weighted by atomic mass is 10.1. The van der Waals surface area contributed by atoms with Gasteiger partial charge in [0, 0.05) is 19.0 Å². The number of nitro benzene ring substituents is 1. The Labute approximate surface area is 125 Å². The number of carbonyl (C=O) groups excluding carboxylic acids is 1. The highest BCUT2D eigenvalue weighted by atomic mass is 16.6. The van der Waals surface area contributed by atoms with Crippen LogP contribution in [-0.2, 0) is 4.79 Å². The van der Waals surface area contributed by atoms with Gasteiger partial charge in [0.2, 0.25) is 0 Å². The molecule has 0 bridgehead atoms. The van der Waals surface area contributed by atoms with Crippen LogP contribution in [0.25, 0.3) is 0 Å². The molecule has 22 heavy (non-hydrogen) atoms. The van der Waals surface area contributed by atoms with Crippen LogP contribution in [0.3, 0.4) is 0 Å². The fourth-order valence-electron chi connectivity index (χ4n) is 1.95. The van der Waals surface area contributed by atoms with Gasteiger partial charge in [-0.2, -0.15) is 0 Å². The van der Waals surface area contributed by atoms with Gasteiger partial charge in [-0.15, -0.1) is 0 Å². The van der Waals surface area contributed by atoms with Crippen molar-refractivity contribution in [3.63, 3.8) is 0 Å². The number of carboxylic acid groups (broad SMARTS) is 1. The van der Waals surface area contributed by atoms with Crippen LogP contribution >= 0.6 is 0 Å². The highest BCUT2D eigenvalue weighted by Gasteiger charge is 2.26. The molecule has 1 heterocycles. The van der Waals surface area contributed by atoms with E-state index in [4.69, 9.17) is 14.6 Å². The highest BCUT2D eigenvalue weighted by molar-refractivity contribution is 5.99. The van der Waals surface area contributed by atoms with Gasteiger partial charge < -0.3 is 19.9 Å². The maximum absolute atomic E-state index is 12.0. The molecule has 0 aromatic heterocycles. The number of rotatable bonds is 6. The van der Waals surface area contributed by atoms with Crippen LogP contribution < -0.4 is 14.8 Å². The summed E-state index contributed by atoms with van der Waals surface area (Å²) in [7, 11) is 0. The smallest absolute Gasteiger partial charge is 0.303 e. The zero-order chi connectivity index (χ0) is 16.1. The summed E-state index contributed by atoms with van der Waals surface area (Å²) in [5.74, 6) is -1.14. The summed E-state index contributed by atoms with van der Waals surface area (Å²) in [6.07, 6.45) is 0.142. The van der Waals surface area contributed by atoms with Crippen molar-refractivity contribution in [2.24, 2.45) is 0 Å². The molecule has 9 nitrogen and oxygen atoms in total. The number of amides is 1. The van der Waals surface area contributed by atoms with Crippen LogP contribution in [0, 0.1) is 10.1 Å². The molecule has 0 aliphatic carbocycles. The highest BCUT2D eigenvalue weighted by Crippen LogP contribution is 2.36. The maximum atomic E-state index is 12.0. The summed E-state index contributed by atoms with van der Waals surface area (Å²) in [5, 5.41) is 22.0. The number of nitrogens with zero attached hydrogens (tertiary/aromatic N) is 1. The number of benzene rings is 1. The van der Waals surface area contributed by atoms with E-state index in [1.54, 1.807) is 0 Å². The van der Waals surface area contributed by atoms with E-state index in [0.717, 1.165) is 6.07 Å². The largest absolute Gasteiger partial charge is 0.486 e. The number of carbonyl (C=O) groups is 2. The molecule has 0 spiro atoms. The third-order valence-corrected chi connectivity index (χ3v) is 2.95. The fraction of sp³-hybridized carbons (Fsp3) is 0.385. The molecule has 0 unspecified atom stereocenters. The molecule has 0 saturated heterocycles. The molecule has 0 atom stereocenters. The standard InChI is InChI=1S/C13H14N2O7/c16-12(17)2-1-3-14-13(18)8-6-10-11(22-5-4-21-10)7-9(8)15(19)20/h6-7H,1-5H2,(H,14,18)(H,16,17). The summed E-state index contributed by atoms with van der Waals surface area (Å²) in [6, 6.07) is 2.42. The lowest BCUT2D eigenvalue weighted by molar-refractivity contribution is -0.385. The Bertz CT molecular complexity index is 615. The molecule has 9 heteroatoms. The van der Waals surface area contributed by atoms with Gasteiger partial charge in [0.15, 0.2) is 11.5 Å². The van der Waals surface area contributed by atoms with Gasteiger partial charge in [-0.3, -0.25) is 19.7 Å². The second-order valence-electron chi connectivity index (χ2n) is 4.52. The van der Waals surface area contributed by atoms with Crippen molar-refractivity contribution in [2.45, 2.75) is 12.8 Å². The van der Waals surface area contributed by atoms with Crippen LogP contribution in [0.5, 0.6) is 11.5 Å². The van der Waals surface area contributed by atoms with E-state index >= 15 is 0 Å². The molecule has 118 valence electrons. The summed E-state index contributed by atoms with van der Waals surface area (Å²) in [6.45, 7) is 0.687. The lowest BCUT2D eigenvalue weighted by Gasteiger charge is -2.18. The predicted molar refractivity (Wildman–Crippen MR) is 73.3 cm³/mol. The van der Waals surface area contributed by atoms with E-state index in [0.29, 0.717) is 6.61 Å². The van der Waals surface area contributed by atoms with E-state index < -0.39 is 16.8 Å². The number of nitro groups is 1. The number of hydrogen-bond donors (Lipinski definition) is 2. The average Bonchev–Trinajstić information content (AvgIpc) is 2.49. The van der Waals surface area contributed by atoms with Crippen LogP contribution in [-0.4, -0.2) is 41.7 Å². The molecular weight excluding hydrogens is 296 g/mol. The molecule has 0 saturated carbocycles. The van der Waals surface area contributed by atoms with Crippen molar-refractivity contribution < 1.29 is 29.1 Å². The Kier molecular flexibility index (Phi) is 4.77. The summed E-state index contributed by atoms with van der Waals surface area (Å²) >= 11 is 0. The Morgan fingerprint density at radius 3 is 2.50 bits per heavy atom. The van der Waals surface area contributed by atoms with Crippen molar-refractivity contribution in [3.05, 3.63) is 27.8 Å². The number of ether oxygens (including phenoxy) is 2. The first-order chi connectivity index (χ1) is 10.5. The van der Waals surface area contributed by atoms with Gasteiger partial charge in [-0.1, -0.05) is 0 Å². The fourth-order valence-corrected chi connectivity index (χ4v) is 1.95. The topological polar surface area (TPSA) is 128 Å². The Morgan fingerprint density at radius 1 is 1.27 bits per heavy atom.